The Morgan fingerprint density at radius 1 is 1.19 bits per heavy atom. The zero-order valence-corrected chi connectivity index (χ0v) is 16.0. The minimum absolute atomic E-state index is 0.0431. The van der Waals surface area contributed by atoms with Crippen LogP contribution in [0.1, 0.15) is 36.2 Å². The van der Waals surface area contributed by atoms with Gasteiger partial charge in [0.05, 0.1) is 5.69 Å². The molecule has 3 aromatic rings. The van der Waals surface area contributed by atoms with Crippen molar-refractivity contribution in [2.45, 2.75) is 39.2 Å². The largest absolute Gasteiger partial charge is 0.297 e. The van der Waals surface area contributed by atoms with Crippen molar-refractivity contribution in [1.82, 2.24) is 14.3 Å². The van der Waals surface area contributed by atoms with E-state index in [9.17, 15) is 4.79 Å². The molecule has 1 aromatic carbocycles. The number of fused-ring (bicyclic) bond motifs is 1. The summed E-state index contributed by atoms with van der Waals surface area (Å²) in [4.78, 5) is 20.2. The van der Waals surface area contributed by atoms with Gasteiger partial charge in [-0.05, 0) is 57.2 Å². The summed E-state index contributed by atoms with van der Waals surface area (Å²) < 4.78 is 1.70. The third kappa shape index (κ3) is 3.89. The molecule has 1 fully saturated rings. The number of aromatic nitrogens is 2. The molecule has 1 aliphatic rings. The highest BCUT2D eigenvalue weighted by Gasteiger charge is 2.20. The van der Waals surface area contributed by atoms with Crippen LogP contribution in [0.4, 0.5) is 0 Å². The molecule has 1 saturated heterocycles. The molecule has 2 aromatic heterocycles. The molecule has 136 valence electrons. The van der Waals surface area contributed by atoms with E-state index in [4.69, 9.17) is 0 Å². The summed E-state index contributed by atoms with van der Waals surface area (Å²) in [5.41, 5.74) is 3.36. The van der Waals surface area contributed by atoms with Gasteiger partial charge in [-0.1, -0.05) is 30.3 Å². The van der Waals surface area contributed by atoms with Crippen LogP contribution < -0.4 is 5.56 Å². The number of likely N-dealkylation sites (tertiary alicyclic amines) is 1. The second kappa shape index (κ2) is 7.72. The smallest absolute Gasteiger partial charge is 0.259 e. The lowest BCUT2D eigenvalue weighted by Gasteiger charge is -2.31. The van der Waals surface area contributed by atoms with E-state index in [1.54, 1.807) is 21.8 Å². The van der Waals surface area contributed by atoms with Crippen molar-refractivity contribution in [3.05, 3.63) is 69.1 Å². The molecule has 26 heavy (non-hydrogen) atoms. The molecule has 1 aliphatic heterocycles. The topological polar surface area (TPSA) is 37.6 Å². The van der Waals surface area contributed by atoms with Crippen molar-refractivity contribution in [3.63, 3.8) is 0 Å². The van der Waals surface area contributed by atoms with E-state index in [0.717, 1.165) is 41.9 Å². The summed E-state index contributed by atoms with van der Waals surface area (Å²) in [7, 11) is 0. The maximum atomic E-state index is 12.3. The van der Waals surface area contributed by atoms with Crippen LogP contribution in [-0.2, 0) is 13.0 Å². The molecule has 0 unspecified atom stereocenters. The second-order valence-electron chi connectivity index (χ2n) is 7.32. The van der Waals surface area contributed by atoms with Crippen molar-refractivity contribution in [1.29, 1.82) is 0 Å². The number of benzene rings is 1. The summed E-state index contributed by atoms with van der Waals surface area (Å²) in [6.07, 6.45) is 4.94. The molecule has 4 rings (SSSR count). The quantitative estimate of drug-likeness (QED) is 0.686. The van der Waals surface area contributed by atoms with E-state index >= 15 is 0 Å². The lowest BCUT2D eigenvalue weighted by Crippen LogP contribution is -2.34. The maximum Gasteiger partial charge on any atom is 0.259 e. The van der Waals surface area contributed by atoms with Crippen LogP contribution >= 0.6 is 11.3 Å². The predicted molar refractivity (Wildman–Crippen MR) is 107 cm³/mol. The van der Waals surface area contributed by atoms with Gasteiger partial charge in [-0.15, -0.1) is 11.3 Å². The molecule has 5 heteroatoms. The SMILES string of the molecule is Cc1csc2nc(CN3CCC(CCc4ccccc4)CC3)cc(=O)n12. The first-order valence-corrected chi connectivity index (χ1v) is 10.3. The van der Waals surface area contributed by atoms with Crippen molar-refractivity contribution in [2.75, 3.05) is 13.1 Å². The number of piperidine rings is 1. The van der Waals surface area contributed by atoms with E-state index in [1.165, 1.54) is 31.2 Å². The van der Waals surface area contributed by atoms with Crippen molar-refractivity contribution in [3.8, 4) is 0 Å². The predicted octanol–water partition coefficient (Wildman–Crippen LogP) is 3.91. The minimum Gasteiger partial charge on any atom is -0.297 e. The van der Waals surface area contributed by atoms with Gasteiger partial charge in [0, 0.05) is 23.7 Å². The number of aryl methyl sites for hydroxylation is 2. The fourth-order valence-corrected chi connectivity index (χ4v) is 4.75. The molecule has 0 atom stereocenters. The summed E-state index contributed by atoms with van der Waals surface area (Å²) in [5.74, 6) is 0.812. The third-order valence-electron chi connectivity index (χ3n) is 5.41. The summed E-state index contributed by atoms with van der Waals surface area (Å²) in [5, 5.41) is 1.99. The van der Waals surface area contributed by atoms with Crippen LogP contribution in [0.3, 0.4) is 0 Å². The number of nitrogens with zero attached hydrogens (tertiary/aromatic N) is 3. The van der Waals surface area contributed by atoms with Gasteiger partial charge >= 0.3 is 0 Å². The van der Waals surface area contributed by atoms with E-state index < -0.39 is 0 Å². The molecule has 3 heterocycles. The Morgan fingerprint density at radius 3 is 2.73 bits per heavy atom. The molecule has 0 aliphatic carbocycles. The lowest BCUT2D eigenvalue weighted by molar-refractivity contribution is 0.171. The number of thiazole rings is 1. The first-order valence-electron chi connectivity index (χ1n) is 9.42. The first kappa shape index (κ1) is 17.4. The Morgan fingerprint density at radius 2 is 1.96 bits per heavy atom. The van der Waals surface area contributed by atoms with Crippen LogP contribution in [0.2, 0.25) is 0 Å². The van der Waals surface area contributed by atoms with Gasteiger partial charge in [-0.3, -0.25) is 14.1 Å². The van der Waals surface area contributed by atoms with Crippen LogP contribution in [-0.4, -0.2) is 27.4 Å². The standard InChI is InChI=1S/C21H25N3OS/c1-16-15-26-21-22-19(13-20(25)24(16)21)14-23-11-9-18(10-12-23)8-7-17-5-3-2-4-6-17/h2-6,13,15,18H,7-12,14H2,1H3. The second-order valence-corrected chi connectivity index (χ2v) is 8.16. The molecular weight excluding hydrogens is 342 g/mol. The normalized spacial score (nSPS) is 16.3. The van der Waals surface area contributed by atoms with Gasteiger partial charge in [0.15, 0.2) is 4.96 Å². The molecular formula is C21H25N3OS. The monoisotopic (exact) mass is 367 g/mol. The minimum atomic E-state index is 0.0431. The van der Waals surface area contributed by atoms with Gasteiger partial charge in [-0.2, -0.15) is 0 Å². The van der Waals surface area contributed by atoms with E-state index in [2.05, 4.69) is 40.2 Å². The van der Waals surface area contributed by atoms with Crippen LogP contribution in [0.25, 0.3) is 4.96 Å². The molecule has 0 bridgehead atoms. The van der Waals surface area contributed by atoms with Gasteiger partial charge in [0.2, 0.25) is 0 Å². The Bertz CT molecular complexity index is 923. The highest BCUT2D eigenvalue weighted by Crippen LogP contribution is 2.23. The van der Waals surface area contributed by atoms with Crippen molar-refractivity contribution >= 4 is 16.3 Å². The molecule has 0 N–H and O–H groups in total. The summed E-state index contributed by atoms with van der Waals surface area (Å²) >= 11 is 1.54. The third-order valence-corrected chi connectivity index (χ3v) is 6.35. The molecule has 0 radical (unpaired) electrons. The first-order chi connectivity index (χ1) is 12.7. The molecule has 0 amide bonds. The number of hydrogen-bond acceptors (Lipinski definition) is 4. The van der Waals surface area contributed by atoms with E-state index in [0.29, 0.717) is 0 Å². The highest BCUT2D eigenvalue weighted by molar-refractivity contribution is 7.15. The Labute approximate surface area is 158 Å². The van der Waals surface area contributed by atoms with Gasteiger partial charge in [0.1, 0.15) is 0 Å². The zero-order chi connectivity index (χ0) is 17.9. The Hall–Kier alpha value is -1.98. The van der Waals surface area contributed by atoms with Crippen LogP contribution in [0.5, 0.6) is 0 Å². The van der Waals surface area contributed by atoms with Crippen molar-refractivity contribution < 1.29 is 0 Å². The number of hydrogen-bond donors (Lipinski definition) is 0. The average Bonchev–Trinajstić information content (AvgIpc) is 3.03. The average molecular weight is 368 g/mol. The Kier molecular flexibility index (Phi) is 5.18. The molecule has 0 saturated carbocycles. The van der Waals surface area contributed by atoms with Gasteiger partial charge < -0.3 is 0 Å². The zero-order valence-electron chi connectivity index (χ0n) is 15.2. The molecule has 4 nitrogen and oxygen atoms in total. The van der Waals surface area contributed by atoms with Gasteiger partial charge in [-0.25, -0.2) is 4.98 Å². The summed E-state index contributed by atoms with van der Waals surface area (Å²) in [6, 6.07) is 12.5. The number of rotatable bonds is 5. The summed E-state index contributed by atoms with van der Waals surface area (Å²) in [6.45, 7) is 4.94. The fraction of sp³-hybridized carbons (Fsp3) is 0.429. The van der Waals surface area contributed by atoms with E-state index in [-0.39, 0.29) is 5.56 Å². The van der Waals surface area contributed by atoms with Crippen LogP contribution in [0.15, 0.2) is 46.6 Å². The van der Waals surface area contributed by atoms with Gasteiger partial charge in [0.25, 0.3) is 5.56 Å². The highest BCUT2D eigenvalue weighted by atomic mass is 32.1. The van der Waals surface area contributed by atoms with E-state index in [1.807, 2.05) is 12.3 Å². The van der Waals surface area contributed by atoms with Crippen LogP contribution in [0, 0.1) is 12.8 Å². The lowest BCUT2D eigenvalue weighted by atomic mass is 9.90. The van der Waals surface area contributed by atoms with Crippen molar-refractivity contribution in [2.24, 2.45) is 5.92 Å². The Balaban J connectivity index is 1.32. The molecule has 0 spiro atoms. The maximum absolute atomic E-state index is 12.3. The fourth-order valence-electron chi connectivity index (χ4n) is 3.86.